The Morgan fingerprint density at radius 3 is 2.43 bits per heavy atom. The van der Waals surface area contributed by atoms with Crippen molar-refractivity contribution in [3.05, 3.63) is 29.6 Å². The largest absolute Gasteiger partial charge is 0.316 e. The van der Waals surface area contributed by atoms with Gasteiger partial charge in [-0.05, 0) is 44.5 Å². The Labute approximate surface area is 127 Å². The zero-order chi connectivity index (χ0) is 16.2. The predicted octanol–water partition coefficient (Wildman–Crippen LogP) is 2.60. The van der Waals surface area contributed by atoms with E-state index in [9.17, 15) is 12.8 Å². The Morgan fingerprint density at radius 2 is 1.90 bits per heavy atom. The molecular formula is C15H25FN2O2S. The van der Waals surface area contributed by atoms with Gasteiger partial charge in [0.1, 0.15) is 5.82 Å². The smallest absolute Gasteiger partial charge is 0.243 e. The van der Waals surface area contributed by atoms with Crippen molar-refractivity contribution in [2.24, 2.45) is 5.92 Å². The summed E-state index contributed by atoms with van der Waals surface area (Å²) in [5.41, 5.74) is 0.350. The van der Waals surface area contributed by atoms with Gasteiger partial charge in [-0.3, -0.25) is 0 Å². The quantitative estimate of drug-likeness (QED) is 0.841. The molecule has 0 aromatic heterocycles. The van der Waals surface area contributed by atoms with Crippen LogP contribution in [0.4, 0.5) is 4.39 Å². The molecule has 0 fully saturated rings. The van der Waals surface area contributed by atoms with E-state index in [0.29, 0.717) is 18.0 Å². The number of benzene rings is 1. The molecule has 0 spiro atoms. The van der Waals surface area contributed by atoms with Crippen molar-refractivity contribution in [3.63, 3.8) is 0 Å². The Bertz CT molecular complexity index is 573. The fourth-order valence-corrected chi connectivity index (χ4v) is 3.69. The molecule has 0 bridgehead atoms. The zero-order valence-corrected chi connectivity index (χ0v) is 14.2. The normalized spacial score (nSPS) is 13.9. The van der Waals surface area contributed by atoms with E-state index in [1.54, 1.807) is 14.1 Å². The highest BCUT2D eigenvalue weighted by Crippen LogP contribution is 2.22. The van der Waals surface area contributed by atoms with Gasteiger partial charge in [-0.2, -0.15) is 4.31 Å². The molecule has 1 rings (SSSR count). The molecule has 4 nitrogen and oxygen atoms in total. The fraction of sp³-hybridized carbons (Fsp3) is 0.600. The molecule has 0 saturated carbocycles. The average molecular weight is 316 g/mol. The van der Waals surface area contributed by atoms with Crippen LogP contribution in [0.3, 0.4) is 0 Å². The van der Waals surface area contributed by atoms with E-state index in [1.165, 1.54) is 22.5 Å². The first-order chi connectivity index (χ1) is 9.70. The van der Waals surface area contributed by atoms with E-state index in [0.717, 1.165) is 6.42 Å². The summed E-state index contributed by atoms with van der Waals surface area (Å²) in [5, 5.41) is 2.83. The molecule has 6 heteroatoms. The van der Waals surface area contributed by atoms with Gasteiger partial charge < -0.3 is 5.32 Å². The summed E-state index contributed by atoms with van der Waals surface area (Å²) >= 11 is 0. The maximum absolute atomic E-state index is 13.6. The molecule has 1 aromatic carbocycles. The molecule has 1 N–H and O–H groups in total. The molecule has 0 saturated heterocycles. The summed E-state index contributed by atoms with van der Waals surface area (Å²) in [6, 6.07) is 3.83. The monoisotopic (exact) mass is 316 g/mol. The van der Waals surface area contributed by atoms with Gasteiger partial charge in [0, 0.05) is 25.2 Å². The lowest BCUT2D eigenvalue weighted by molar-refractivity contribution is 0.337. The van der Waals surface area contributed by atoms with Gasteiger partial charge in [0.2, 0.25) is 10.0 Å². The van der Waals surface area contributed by atoms with Gasteiger partial charge in [-0.15, -0.1) is 0 Å². The first-order valence-corrected chi connectivity index (χ1v) is 8.55. The molecule has 0 radical (unpaired) electrons. The third-order valence-electron chi connectivity index (χ3n) is 3.49. The van der Waals surface area contributed by atoms with Crippen molar-refractivity contribution in [3.8, 4) is 0 Å². The Hall–Kier alpha value is -0.980. The number of hydrogen-bond donors (Lipinski definition) is 1. The van der Waals surface area contributed by atoms with Crippen LogP contribution in [-0.4, -0.2) is 32.9 Å². The lowest BCUT2D eigenvalue weighted by atomic mass is 10.1. The maximum Gasteiger partial charge on any atom is 0.243 e. The van der Waals surface area contributed by atoms with Gasteiger partial charge >= 0.3 is 0 Å². The highest BCUT2D eigenvalue weighted by molar-refractivity contribution is 7.89. The van der Waals surface area contributed by atoms with Crippen molar-refractivity contribution in [1.29, 1.82) is 0 Å². The van der Waals surface area contributed by atoms with E-state index in [-0.39, 0.29) is 10.9 Å². The number of nitrogens with one attached hydrogen (secondary N) is 1. The average Bonchev–Trinajstić information content (AvgIpc) is 2.39. The minimum atomic E-state index is -3.60. The molecule has 0 amide bonds. The van der Waals surface area contributed by atoms with Gasteiger partial charge in [0.05, 0.1) is 4.90 Å². The van der Waals surface area contributed by atoms with Crippen LogP contribution in [0.2, 0.25) is 0 Å². The van der Waals surface area contributed by atoms with Crippen LogP contribution in [0, 0.1) is 11.7 Å². The third kappa shape index (κ3) is 4.49. The van der Waals surface area contributed by atoms with Crippen LogP contribution in [0.15, 0.2) is 23.1 Å². The number of nitrogens with zero attached hydrogens (tertiary/aromatic N) is 1. The highest BCUT2D eigenvalue weighted by Gasteiger charge is 2.26. The molecule has 0 heterocycles. The first kappa shape index (κ1) is 18.1. The van der Waals surface area contributed by atoms with Gasteiger partial charge in [-0.25, -0.2) is 12.8 Å². The van der Waals surface area contributed by atoms with E-state index >= 15 is 0 Å². The fourth-order valence-electron chi connectivity index (χ4n) is 2.27. The van der Waals surface area contributed by atoms with E-state index in [1.807, 2.05) is 6.92 Å². The summed E-state index contributed by atoms with van der Waals surface area (Å²) in [5.74, 6) is 0.00639. The molecule has 1 atom stereocenters. The number of rotatable bonds is 7. The summed E-state index contributed by atoms with van der Waals surface area (Å²) in [7, 11) is -0.338. The molecule has 1 unspecified atom stereocenters. The molecular weight excluding hydrogens is 291 g/mol. The van der Waals surface area contributed by atoms with Crippen LogP contribution in [0.5, 0.6) is 0 Å². The Balaban J connectivity index is 3.10. The lowest BCUT2D eigenvalue weighted by Crippen LogP contribution is -2.36. The molecule has 0 aliphatic carbocycles. The summed E-state index contributed by atoms with van der Waals surface area (Å²) in [6.45, 7) is 6.29. The Kier molecular flexibility index (Phi) is 6.31. The number of sulfonamides is 1. The second-order valence-electron chi connectivity index (χ2n) is 5.78. The minimum Gasteiger partial charge on any atom is -0.316 e. The topological polar surface area (TPSA) is 49.4 Å². The lowest BCUT2D eigenvalue weighted by Gasteiger charge is -2.25. The van der Waals surface area contributed by atoms with Crippen molar-refractivity contribution in [1.82, 2.24) is 9.62 Å². The van der Waals surface area contributed by atoms with Crippen LogP contribution in [0.25, 0.3) is 0 Å². The van der Waals surface area contributed by atoms with Crippen LogP contribution >= 0.6 is 0 Å². The van der Waals surface area contributed by atoms with E-state index < -0.39 is 15.8 Å². The van der Waals surface area contributed by atoms with Gasteiger partial charge in [0.25, 0.3) is 0 Å². The van der Waals surface area contributed by atoms with Crippen molar-refractivity contribution >= 4 is 10.0 Å². The number of hydrogen-bond acceptors (Lipinski definition) is 3. The van der Waals surface area contributed by atoms with Gasteiger partial charge in [0.15, 0.2) is 0 Å². The zero-order valence-electron chi connectivity index (χ0n) is 13.4. The molecule has 0 aliphatic heterocycles. The molecule has 0 aliphatic rings. The first-order valence-electron chi connectivity index (χ1n) is 7.11. The third-order valence-corrected chi connectivity index (χ3v) is 5.46. The summed E-state index contributed by atoms with van der Waals surface area (Å²) < 4.78 is 40.2. The Morgan fingerprint density at radius 1 is 1.29 bits per heavy atom. The minimum absolute atomic E-state index is 0.104. The van der Waals surface area contributed by atoms with Crippen LogP contribution in [0.1, 0.15) is 32.8 Å². The van der Waals surface area contributed by atoms with Crippen molar-refractivity contribution < 1.29 is 12.8 Å². The highest BCUT2D eigenvalue weighted by atomic mass is 32.2. The van der Waals surface area contributed by atoms with Crippen molar-refractivity contribution in [2.45, 2.75) is 44.7 Å². The molecule has 21 heavy (non-hydrogen) atoms. The molecule has 120 valence electrons. The van der Waals surface area contributed by atoms with Crippen LogP contribution in [-0.2, 0) is 16.6 Å². The standard InChI is InChI=1S/C15H25FN2O2S/c1-11(2)8-12(3)18(5)21(19,20)14-6-7-15(16)13(9-14)10-17-4/h6-7,9,11-12,17H,8,10H2,1-5H3. The van der Waals surface area contributed by atoms with Gasteiger partial charge in [-0.1, -0.05) is 13.8 Å². The van der Waals surface area contributed by atoms with Crippen LogP contribution < -0.4 is 5.32 Å². The summed E-state index contributed by atoms with van der Waals surface area (Å²) in [6.07, 6.45) is 0.778. The molecule has 1 aromatic rings. The SMILES string of the molecule is CNCc1cc(S(=O)(=O)N(C)C(C)CC(C)C)ccc1F. The predicted molar refractivity (Wildman–Crippen MR) is 83.0 cm³/mol. The van der Waals surface area contributed by atoms with E-state index in [4.69, 9.17) is 0 Å². The van der Waals surface area contributed by atoms with Crippen molar-refractivity contribution in [2.75, 3.05) is 14.1 Å². The second kappa shape index (κ2) is 7.33. The maximum atomic E-state index is 13.6. The number of halogens is 1. The van der Waals surface area contributed by atoms with E-state index in [2.05, 4.69) is 19.2 Å². The summed E-state index contributed by atoms with van der Waals surface area (Å²) in [4.78, 5) is 0.132. The second-order valence-corrected chi connectivity index (χ2v) is 7.78.